The average Bonchev–Trinajstić information content (AvgIpc) is 2.52. The molecule has 0 saturated heterocycles. The zero-order valence-corrected chi connectivity index (χ0v) is 15.9. The van der Waals surface area contributed by atoms with Gasteiger partial charge in [-0.3, -0.25) is 4.79 Å². The minimum Gasteiger partial charge on any atom is -0.483 e. The highest BCUT2D eigenvalue weighted by atomic mass is 16.5. The Bertz CT molecular complexity index is 698. The molecule has 0 aliphatic carbocycles. The highest BCUT2D eigenvalue weighted by Gasteiger charge is 2.08. The largest absolute Gasteiger partial charge is 0.483 e. The first-order chi connectivity index (χ1) is 11.8. The number of quaternary nitrogens is 1. The van der Waals surface area contributed by atoms with E-state index >= 15 is 0 Å². The Morgan fingerprint density at radius 2 is 1.56 bits per heavy atom. The summed E-state index contributed by atoms with van der Waals surface area (Å²) in [7, 11) is 4.26. The van der Waals surface area contributed by atoms with Crippen LogP contribution in [0.1, 0.15) is 27.8 Å². The molecule has 0 heterocycles. The van der Waals surface area contributed by atoms with E-state index in [-0.39, 0.29) is 12.5 Å². The predicted molar refractivity (Wildman–Crippen MR) is 101 cm³/mol. The summed E-state index contributed by atoms with van der Waals surface area (Å²) in [5.74, 6) is 0.692. The third-order valence-electron chi connectivity index (χ3n) is 4.02. The van der Waals surface area contributed by atoms with Crippen molar-refractivity contribution in [1.82, 2.24) is 5.32 Å². The number of amides is 1. The second kappa shape index (κ2) is 8.67. The van der Waals surface area contributed by atoms with Gasteiger partial charge in [-0.1, -0.05) is 42.0 Å². The molecular formula is C21H29N2O2+. The van der Waals surface area contributed by atoms with Crippen LogP contribution < -0.4 is 15.0 Å². The fourth-order valence-electron chi connectivity index (χ4n) is 2.97. The van der Waals surface area contributed by atoms with E-state index in [1.807, 2.05) is 13.8 Å². The number of hydrogen-bond acceptors (Lipinski definition) is 2. The van der Waals surface area contributed by atoms with Gasteiger partial charge in [0, 0.05) is 12.1 Å². The summed E-state index contributed by atoms with van der Waals surface area (Å²) < 4.78 is 5.72. The van der Waals surface area contributed by atoms with E-state index in [1.165, 1.54) is 16.0 Å². The molecule has 0 fully saturated rings. The smallest absolute Gasteiger partial charge is 0.258 e. The molecule has 0 aromatic heterocycles. The van der Waals surface area contributed by atoms with Crippen molar-refractivity contribution >= 4 is 5.91 Å². The van der Waals surface area contributed by atoms with Gasteiger partial charge in [-0.25, -0.2) is 0 Å². The van der Waals surface area contributed by atoms with Gasteiger partial charge in [-0.05, 0) is 37.5 Å². The van der Waals surface area contributed by atoms with Gasteiger partial charge in [0.1, 0.15) is 12.3 Å². The van der Waals surface area contributed by atoms with E-state index < -0.39 is 0 Å². The molecule has 0 saturated carbocycles. The summed E-state index contributed by atoms with van der Waals surface area (Å²) in [6, 6.07) is 12.5. The molecule has 0 radical (unpaired) electrons. The zero-order chi connectivity index (χ0) is 18.4. The number of carbonyl (C=O) groups is 1. The SMILES string of the molecule is Cc1cc(C)c(OCC(=O)NCc2ccc(C[NH+](C)C)cc2)c(C)c1. The first-order valence-electron chi connectivity index (χ1n) is 8.69. The number of ether oxygens (including phenoxy) is 1. The molecule has 2 rings (SSSR count). The number of aryl methyl sites for hydroxylation is 3. The first kappa shape index (κ1) is 19.0. The lowest BCUT2D eigenvalue weighted by atomic mass is 10.1. The van der Waals surface area contributed by atoms with Gasteiger partial charge >= 0.3 is 0 Å². The van der Waals surface area contributed by atoms with Crippen LogP contribution in [0.2, 0.25) is 0 Å². The highest BCUT2D eigenvalue weighted by Crippen LogP contribution is 2.24. The number of benzene rings is 2. The third-order valence-corrected chi connectivity index (χ3v) is 4.02. The van der Waals surface area contributed by atoms with Crippen LogP contribution in [-0.4, -0.2) is 26.6 Å². The van der Waals surface area contributed by atoms with Crippen molar-refractivity contribution in [3.8, 4) is 5.75 Å². The van der Waals surface area contributed by atoms with Crippen molar-refractivity contribution in [2.24, 2.45) is 0 Å². The Morgan fingerprint density at radius 1 is 1.00 bits per heavy atom. The van der Waals surface area contributed by atoms with Crippen molar-refractivity contribution in [1.29, 1.82) is 0 Å². The van der Waals surface area contributed by atoms with Gasteiger partial charge in [0.25, 0.3) is 5.91 Å². The summed E-state index contributed by atoms with van der Waals surface area (Å²) in [6.45, 7) is 7.61. The van der Waals surface area contributed by atoms with Crippen molar-refractivity contribution in [3.63, 3.8) is 0 Å². The van der Waals surface area contributed by atoms with E-state index in [2.05, 4.69) is 62.7 Å². The number of carbonyl (C=O) groups excluding carboxylic acids is 1. The second-order valence-corrected chi connectivity index (χ2v) is 6.99. The molecule has 0 spiro atoms. The summed E-state index contributed by atoms with van der Waals surface area (Å²) in [5.41, 5.74) is 5.70. The molecule has 0 atom stereocenters. The van der Waals surface area contributed by atoms with Gasteiger partial charge in [0.15, 0.2) is 6.61 Å². The molecule has 25 heavy (non-hydrogen) atoms. The summed E-state index contributed by atoms with van der Waals surface area (Å²) in [5, 5.41) is 2.91. The van der Waals surface area contributed by atoms with E-state index in [0.29, 0.717) is 6.54 Å². The van der Waals surface area contributed by atoms with Crippen LogP contribution >= 0.6 is 0 Å². The molecule has 134 valence electrons. The molecule has 0 aliphatic rings. The monoisotopic (exact) mass is 341 g/mol. The van der Waals surface area contributed by atoms with E-state index in [9.17, 15) is 4.79 Å². The number of rotatable bonds is 7. The maximum Gasteiger partial charge on any atom is 0.258 e. The van der Waals surface area contributed by atoms with Gasteiger partial charge in [-0.15, -0.1) is 0 Å². The lowest BCUT2D eigenvalue weighted by Gasteiger charge is -2.13. The van der Waals surface area contributed by atoms with Gasteiger partial charge in [-0.2, -0.15) is 0 Å². The van der Waals surface area contributed by atoms with Crippen LogP contribution in [0.3, 0.4) is 0 Å². The van der Waals surface area contributed by atoms with Crippen LogP contribution in [0.15, 0.2) is 36.4 Å². The normalized spacial score (nSPS) is 10.8. The minimum absolute atomic E-state index is 0.0345. The fourth-order valence-corrected chi connectivity index (χ4v) is 2.97. The third kappa shape index (κ3) is 5.91. The average molecular weight is 341 g/mol. The van der Waals surface area contributed by atoms with Crippen LogP contribution in [0.5, 0.6) is 5.75 Å². The van der Waals surface area contributed by atoms with E-state index in [4.69, 9.17) is 4.74 Å². The molecule has 2 N–H and O–H groups in total. The van der Waals surface area contributed by atoms with Crippen molar-refractivity contribution in [2.45, 2.75) is 33.9 Å². The second-order valence-electron chi connectivity index (χ2n) is 6.99. The predicted octanol–water partition coefficient (Wildman–Crippen LogP) is 1.95. The Kier molecular flexibility index (Phi) is 6.59. The Morgan fingerprint density at radius 3 is 2.12 bits per heavy atom. The summed E-state index contributed by atoms with van der Waals surface area (Å²) in [6.07, 6.45) is 0. The van der Waals surface area contributed by atoms with Crippen molar-refractivity contribution < 1.29 is 14.4 Å². The van der Waals surface area contributed by atoms with Crippen LogP contribution in [0.25, 0.3) is 0 Å². The van der Waals surface area contributed by atoms with E-state index in [1.54, 1.807) is 0 Å². The van der Waals surface area contributed by atoms with Crippen molar-refractivity contribution in [2.75, 3.05) is 20.7 Å². The molecule has 4 nitrogen and oxygen atoms in total. The molecule has 2 aromatic rings. The molecule has 0 aliphatic heterocycles. The quantitative estimate of drug-likeness (QED) is 0.808. The van der Waals surface area contributed by atoms with Gasteiger partial charge in [0.05, 0.1) is 14.1 Å². The molecule has 2 aromatic carbocycles. The van der Waals surface area contributed by atoms with Crippen LogP contribution in [0.4, 0.5) is 0 Å². The molecule has 0 bridgehead atoms. The molecule has 1 amide bonds. The molecule has 0 unspecified atom stereocenters. The number of hydrogen-bond donors (Lipinski definition) is 2. The Labute approximate surface area is 150 Å². The maximum atomic E-state index is 12.1. The minimum atomic E-state index is -0.110. The van der Waals surface area contributed by atoms with Gasteiger partial charge < -0.3 is 15.0 Å². The van der Waals surface area contributed by atoms with E-state index in [0.717, 1.165) is 29.0 Å². The zero-order valence-electron chi connectivity index (χ0n) is 15.9. The summed E-state index contributed by atoms with van der Waals surface area (Å²) >= 11 is 0. The first-order valence-corrected chi connectivity index (χ1v) is 8.69. The number of nitrogens with one attached hydrogen (secondary N) is 2. The Balaban J connectivity index is 1.83. The molecule has 4 heteroatoms. The van der Waals surface area contributed by atoms with Crippen LogP contribution in [-0.2, 0) is 17.9 Å². The standard InChI is InChI=1S/C21H28N2O2/c1-15-10-16(2)21(17(3)11-15)25-14-20(24)22-12-18-6-8-19(9-7-18)13-23(4)5/h6-11H,12-14H2,1-5H3,(H,22,24)/p+1. The fraction of sp³-hybridized carbons (Fsp3) is 0.381. The maximum absolute atomic E-state index is 12.1. The van der Waals surface area contributed by atoms with Gasteiger partial charge in [0.2, 0.25) is 0 Å². The summed E-state index contributed by atoms with van der Waals surface area (Å²) in [4.78, 5) is 13.4. The lowest BCUT2D eigenvalue weighted by molar-refractivity contribution is -0.872. The lowest BCUT2D eigenvalue weighted by Crippen LogP contribution is -3.04. The highest BCUT2D eigenvalue weighted by molar-refractivity contribution is 5.77. The molecular weight excluding hydrogens is 312 g/mol. The van der Waals surface area contributed by atoms with Crippen molar-refractivity contribution in [3.05, 3.63) is 64.2 Å². The van der Waals surface area contributed by atoms with Crippen LogP contribution in [0, 0.1) is 20.8 Å². The Hall–Kier alpha value is -2.33. The topological polar surface area (TPSA) is 42.8 Å².